The fraction of sp³-hybridized carbons (Fsp3) is 0.368. The molecule has 1 aliphatic carbocycles. The van der Waals surface area contributed by atoms with Crippen LogP contribution in [0.5, 0.6) is 11.5 Å². The number of hydrogen-bond donors (Lipinski definition) is 1. The van der Waals surface area contributed by atoms with E-state index in [1.165, 1.54) is 18.3 Å². The minimum absolute atomic E-state index is 0.0561. The number of H-pyrrole nitrogens is 1. The molecule has 3 rings (SSSR count). The van der Waals surface area contributed by atoms with Crippen LogP contribution in [0.2, 0.25) is 0 Å². The summed E-state index contributed by atoms with van der Waals surface area (Å²) in [6, 6.07) is 7.74. The van der Waals surface area contributed by atoms with Gasteiger partial charge >= 0.3 is 6.61 Å². The number of ether oxygens (including phenoxy) is 2. The number of halogens is 2. The highest BCUT2D eigenvalue weighted by atomic mass is 19.3. The van der Waals surface area contributed by atoms with Gasteiger partial charge in [-0.05, 0) is 49.6 Å². The van der Waals surface area contributed by atoms with Crippen molar-refractivity contribution in [2.75, 3.05) is 6.61 Å². The number of pyridine rings is 1. The van der Waals surface area contributed by atoms with Gasteiger partial charge in [0.15, 0.2) is 11.5 Å². The zero-order valence-corrected chi connectivity index (χ0v) is 14.8. The molecule has 0 bridgehead atoms. The van der Waals surface area contributed by atoms with E-state index in [9.17, 15) is 18.4 Å². The number of benzene rings is 1. The summed E-state index contributed by atoms with van der Waals surface area (Å²) in [5, 5.41) is 0. The van der Waals surface area contributed by atoms with E-state index in [-0.39, 0.29) is 42.2 Å². The van der Waals surface area contributed by atoms with Crippen LogP contribution in [0.1, 0.15) is 35.7 Å². The zero-order chi connectivity index (χ0) is 19.4. The molecule has 1 N–H and O–H groups in total. The fourth-order valence-corrected chi connectivity index (χ4v) is 2.81. The number of rotatable bonds is 8. The monoisotopic (exact) mass is 378 g/mol. The largest absolute Gasteiger partial charge is 0.490 e. The van der Waals surface area contributed by atoms with E-state index in [0.717, 1.165) is 12.8 Å². The van der Waals surface area contributed by atoms with E-state index in [2.05, 4.69) is 9.72 Å². The van der Waals surface area contributed by atoms with Crippen LogP contribution in [0.4, 0.5) is 8.78 Å². The van der Waals surface area contributed by atoms with Crippen LogP contribution < -0.4 is 15.0 Å². The first-order chi connectivity index (χ1) is 13.0. The number of aromatic nitrogens is 1. The predicted molar refractivity (Wildman–Crippen MR) is 94.2 cm³/mol. The Morgan fingerprint density at radius 3 is 2.70 bits per heavy atom. The molecule has 0 unspecified atom stereocenters. The van der Waals surface area contributed by atoms with Crippen molar-refractivity contribution in [2.45, 2.75) is 39.0 Å². The standard InChI is InChI=1S/C19H20F2N2O4/c1-2-26-16-10-12(5-8-15(16)27-19(20)21)11-23(13-6-7-13)18(25)14-4-3-9-22-17(14)24/h3-5,8-10,13,19H,2,6-7,11H2,1H3,(H,22,24). The van der Waals surface area contributed by atoms with Crippen LogP contribution in [0.15, 0.2) is 41.3 Å². The first-order valence-corrected chi connectivity index (χ1v) is 8.68. The maximum Gasteiger partial charge on any atom is 0.387 e. The molecule has 0 saturated heterocycles. The second-order valence-electron chi connectivity index (χ2n) is 6.17. The Bertz CT molecular complexity index is 865. The smallest absolute Gasteiger partial charge is 0.387 e. The van der Waals surface area contributed by atoms with Crippen molar-refractivity contribution < 1.29 is 23.0 Å². The number of amides is 1. The van der Waals surface area contributed by atoms with Crippen LogP contribution in [0.3, 0.4) is 0 Å². The number of carbonyl (C=O) groups is 1. The van der Waals surface area contributed by atoms with Crippen LogP contribution >= 0.6 is 0 Å². The van der Waals surface area contributed by atoms with Crippen molar-refractivity contribution in [1.82, 2.24) is 9.88 Å². The lowest BCUT2D eigenvalue weighted by molar-refractivity contribution is -0.0514. The third-order valence-electron chi connectivity index (χ3n) is 4.17. The fourth-order valence-electron chi connectivity index (χ4n) is 2.81. The Hall–Kier alpha value is -2.90. The van der Waals surface area contributed by atoms with Crippen LogP contribution in [-0.2, 0) is 6.54 Å². The van der Waals surface area contributed by atoms with Gasteiger partial charge in [0.25, 0.3) is 11.5 Å². The minimum atomic E-state index is -2.95. The van der Waals surface area contributed by atoms with Gasteiger partial charge < -0.3 is 19.4 Å². The van der Waals surface area contributed by atoms with Crippen molar-refractivity contribution in [3.63, 3.8) is 0 Å². The van der Waals surface area contributed by atoms with Gasteiger partial charge in [-0.1, -0.05) is 6.07 Å². The van der Waals surface area contributed by atoms with Crippen LogP contribution in [-0.4, -0.2) is 35.1 Å². The van der Waals surface area contributed by atoms with Crippen LogP contribution in [0, 0.1) is 0 Å². The highest BCUT2D eigenvalue weighted by molar-refractivity contribution is 5.94. The molecule has 1 aromatic carbocycles. The molecule has 8 heteroatoms. The molecule has 1 amide bonds. The average molecular weight is 378 g/mol. The lowest BCUT2D eigenvalue weighted by Gasteiger charge is -2.23. The maximum atomic E-state index is 12.8. The Morgan fingerprint density at radius 1 is 1.30 bits per heavy atom. The quantitative estimate of drug-likeness (QED) is 0.766. The van der Waals surface area contributed by atoms with Crippen molar-refractivity contribution in [3.05, 3.63) is 58.0 Å². The summed E-state index contributed by atoms with van der Waals surface area (Å²) in [5.74, 6) is -0.222. The average Bonchev–Trinajstić information content (AvgIpc) is 3.46. The summed E-state index contributed by atoms with van der Waals surface area (Å²) in [6.07, 6.45) is 3.19. The number of carbonyl (C=O) groups excluding carboxylic acids is 1. The maximum absolute atomic E-state index is 12.8. The van der Waals surface area contributed by atoms with Gasteiger partial charge in [0.05, 0.1) is 6.61 Å². The van der Waals surface area contributed by atoms with E-state index in [4.69, 9.17) is 4.74 Å². The third-order valence-corrected chi connectivity index (χ3v) is 4.17. The Morgan fingerprint density at radius 2 is 2.07 bits per heavy atom. The number of hydrogen-bond acceptors (Lipinski definition) is 4. The summed E-state index contributed by atoms with van der Waals surface area (Å²) < 4.78 is 34.9. The molecule has 0 spiro atoms. The zero-order valence-electron chi connectivity index (χ0n) is 14.8. The number of nitrogens with one attached hydrogen (secondary N) is 1. The first kappa shape index (κ1) is 18.9. The highest BCUT2D eigenvalue weighted by Gasteiger charge is 2.34. The van der Waals surface area contributed by atoms with Gasteiger partial charge in [0.1, 0.15) is 5.56 Å². The number of aromatic amines is 1. The van der Waals surface area contributed by atoms with Crippen molar-refractivity contribution in [2.24, 2.45) is 0 Å². The second-order valence-corrected chi connectivity index (χ2v) is 6.17. The Labute approximate surface area is 154 Å². The minimum Gasteiger partial charge on any atom is -0.490 e. The normalized spacial score (nSPS) is 13.5. The van der Waals surface area contributed by atoms with Crippen molar-refractivity contribution in [1.29, 1.82) is 0 Å². The van der Waals surface area contributed by atoms with Gasteiger partial charge in [-0.25, -0.2) is 0 Å². The van der Waals surface area contributed by atoms with E-state index < -0.39 is 12.2 Å². The third kappa shape index (κ3) is 4.64. The Kier molecular flexibility index (Phi) is 5.73. The van der Waals surface area contributed by atoms with Crippen molar-refractivity contribution in [3.8, 4) is 11.5 Å². The molecule has 1 aromatic heterocycles. The van der Waals surface area contributed by atoms with Crippen LogP contribution in [0.25, 0.3) is 0 Å². The molecule has 2 aromatic rings. The Balaban J connectivity index is 1.84. The molecule has 0 radical (unpaired) electrons. The molecule has 1 fully saturated rings. The molecule has 27 heavy (non-hydrogen) atoms. The topological polar surface area (TPSA) is 71.6 Å². The first-order valence-electron chi connectivity index (χ1n) is 8.68. The number of alkyl halides is 2. The summed E-state index contributed by atoms with van der Waals surface area (Å²) in [4.78, 5) is 28.9. The van der Waals surface area contributed by atoms with Crippen molar-refractivity contribution >= 4 is 5.91 Å². The van der Waals surface area contributed by atoms with Gasteiger partial charge in [0, 0.05) is 18.8 Å². The molecule has 1 aliphatic rings. The molecule has 0 atom stereocenters. The summed E-state index contributed by atoms with van der Waals surface area (Å²) in [6.45, 7) is -0.689. The lowest BCUT2D eigenvalue weighted by atomic mass is 10.1. The SMILES string of the molecule is CCOc1cc(CN(C(=O)c2ccc[nH]c2=O)C2CC2)ccc1OC(F)F. The molecular formula is C19H20F2N2O4. The van der Waals surface area contributed by atoms with Gasteiger partial charge in [-0.15, -0.1) is 0 Å². The summed E-state index contributed by atoms with van der Waals surface area (Å²) in [5.41, 5.74) is 0.337. The van der Waals surface area contributed by atoms with E-state index in [1.807, 2.05) is 0 Å². The lowest BCUT2D eigenvalue weighted by Crippen LogP contribution is -2.35. The molecule has 144 valence electrons. The van der Waals surface area contributed by atoms with Gasteiger partial charge in [0.2, 0.25) is 0 Å². The molecular weight excluding hydrogens is 358 g/mol. The summed E-state index contributed by atoms with van der Waals surface area (Å²) >= 11 is 0. The molecule has 1 saturated carbocycles. The summed E-state index contributed by atoms with van der Waals surface area (Å²) in [7, 11) is 0. The second kappa shape index (κ2) is 8.20. The van der Waals surface area contributed by atoms with Gasteiger partial charge in [-0.3, -0.25) is 9.59 Å². The van der Waals surface area contributed by atoms with E-state index >= 15 is 0 Å². The predicted octanol–water partition coefficient (Wildman–Crippen LogP) is 3.18. The molecule has 1 heterocycles. The van der Waals surface area contributed by atoms with E-state index in [0.29, 0.717) is 5.56 Å². The van der Waals surface area contributed by atoms with Gasteiger partial charge in [-0.2, -0.15) is 8.78 Å². The molecule has 0 aliphatic heterocycles. The highest BCUT2D eigenvalue weighted by Crippen LogP contribution is 2.33. The van der Waals surface area contributed by atoms with E-state index in [1.54, 1.807) is 30.0 Å². The number of nitrogens with zero attached hydrogens (tertiary/aromatic N) is 1. The molecule has 6 nitrogen and oxygen atoms in total.